The van der Waals surface area contributed by atoms with Crippen molar-refractivity contribution in [2.45, 2.75) is 52.6 Å². The molecule has 0 fully saturated rings. The van der Waals surface area contributed by atoms with E-state index in [0.29, 0.717) is 12.5 Å². The van der Waals surface area contributed by atoms with Crippen molar-refractivity contribution in [2.24, 2.45) is 22.4 Å². The van der Waals surface area contributed by atoms with Crippen LogP contribution in [-0.2, 0) is 4.74 Å². The summed E-state index contributed by atoms with van der Waals surface area (Å²) in [4.78, 5) is 3.99. The van der Waals surface area contributed by atoms with E-state index in [2.05, 4.69) is 32.7 Å². The fourth-order valence-corrected chi connectivity index (χ4v) is 1.31. The van der Waals surface area contributed by atoms with E-state index in [1.54, 1.807) is 0 Å². The van der Waals surface area contributed by atoms with Gasteiger partial charge in [0.15, 0.2) is 5.96 Å². The summed E-state index contributed by atoms with van der Waals surface area (Å²) >= 11 is 0. The molecule has 1 unspecified atom stereocenters. The van der Waals surface area contributed by atoms with Crippen molar-refractivity contribution in [2.75, 3.05) is 13.2 Å². The molecule has 16 heavy (non-hydrogen) atoms. The average Bonchev–Trinajstić information content (AvgIpc) is 2.16. The molecule has 96 valence electrons. The number of rotatable bonds is 8. The SMILES string of the molecule is CCC(C)(CCN=C(N)N)OCCC(C)C. The molecular weight excluding hydrogens is 202 g/mol. The number of nitrogens with zero attached hydrogens (tertiary/aromatic N) is 1. The Morgan fingerprint density at radius 1 is 1.38 bits per heavy atom. The highest BCUT2D eigenvalue weighted by molar-refractivity contribution is 5.75. The van der Waals surface area contributed by atoms with Gasteiger partial charge >= 0.3 is 0 Å². The molecule has 0 amide bonds. The monoisotopic (exact) mass is 229 g/mol. The molecular formula is C12H27N3O. The lowest BCUT2D eigenvalue weighted by Crippen LogP contribution is -2.31. The number of hydrogen-bond acceptors (Lipinski definition) is 2. The molecule has 0 rings (SSSR count). The maximum Gasteiger partial charge on any atom is 0.185 e. The van der Waals surface area contributed by atoms with Gasteiger partial charge in [-0.1, -0.05) is 20.8 Å². The molecule has 0 heterocycles. The minimum absolute atomic E-state index is 0.103. The van der Waals surface area contributed by atoms with Crippen molar-refractivity contribution in [1.29, 1.82) is 0 Å². The van der Waals surface area contributed by atoms with Gasteiger partial charge in [0.2, 0.25) is 0 Å². The smallest absolute Gasteiger partial charge is 0.185 e. The third-order valence-electron chi connectivity index (χ3n) is 2.83. The highest BCUT2D eigenvalue weighted by atomic mass is 16.5. The molecule has 0 aliphatic carbocycles. The van der Waals surface area contributed by atoms with E-state index < -0.39 is 0 Å². The van der Waals surface area contributed by atoms with Crippen LogP contribution in [0.15, 0.2) is 4.99 Å². The van der Waals surface area contributed by atoms with E-state index in [1.807, 2.05) is 0 Å². The lowest BCUT2D eigenvalue weighted by atomic mass is 9.98. The molecule has 1 atom stereocenters. The Bertz CT molecular complexity index is 212. The van der Waals surface area contributed by atoms with Gasteiger partial charge in [0.25, 0.3) is 0 Å². The fourth-order valence-electron chi connectivity index (χ4n) is 1.31. The zero-order valence-corrected chi connectivity index (χ0v) is 11.1. The van der Waals surface area contributed by atoms with Crippen LogP contribution in [0.5, 0.6) is 0 Å². The van der Waals surface area contributed by atoms with Gasteiger partial charge in [0.05, 0.1) is 5.60 Å². The highest BCUT2D eigenvalue weighted by Gasteiger charge is 2.22. The maximum absolute atomic E-state index is 5.92. The van der Waals surface area contributed by atoms with Crippen LogP contribution < -0.4 is 11.5 Å². The van der Waals surface area contributed by atoms with E-state index in [0.717, 1.165) is 25.9 Å². The van der Waals surface area contributed by atoms with Crippen LogP contribution in [-0.4, -0.2) is 24.7 Å². The second-order valence-corrected chi connectivity index (χ2v) is 4.89. The van der Waals surface area contributed by atoms with Gasteiger partial charge in [0.1, 0.15) is 0 Å². The molecule has 4 heteroatoms. The summed E-state index contributed by atoms with van der Waals surface area (Å²) in [5.41, 5.74) is 10.5. The summed E-state index contributed by atoms with van der Waals surface area (Å²) in [5.74, 6) is 0.833. The van der Waals surface area contributed by atoms with Crippen molar-refractivity contribution in [3.63, 3.8) is 0 Å². The van der Waals surface area contributed by atoms with Crippen LogP contribution in [0.25, 0.3) is 0 Å². The Balaban J connectivity index is 3.95. The zero-order valence-electron chi connectivity index (χ0n) is 11.1. The molecule has 0 aromatic heterocycles. The molecule has 0 aliphatic rings. The summed E-state index contributed by atoms with van der Waals surface area (Å²) < 4.78 is 5.92. The topological polar surface area (TPSA) is 73.6 Å². The first-order chi connectivity index (χ1) is 7.39. The van der Waals surface area contributed by atoms with E-state index in [4.69, 9.17) is 16.2 Å². The Kier molecular flexibility index (Phi) is 7.13. The normalized spacial score (nSPS) is 14.8. The van der Waals surface area contributed by atoms with Crippen LogP contribution >= 0.6 is 0 Å². The second kappa shape index (κ2) is 7.49. The number of ether oxygens (including phenoxy) is 1. The van der Waals surface area contributed by atoms with E-state index in [-0.39, 0.29) is 11.6 Å². The Morgan fingerprint density at radius 3 is 2.44 bits per heavy atom. The van der Waals surface area contributed by atoms with E-state index in [1.165, 1.54) is 0 Å². The Hall–Kier alpha value is -0.770. The van der Waals surface area contributed by atoms with Crippen molar-refractivity contribution < 1.29 is 4.74 Å². The first kappa shape index (κ1) is 15.2. The van der Waals surface area contributed by atoms with Crippen molar-refractivity contribution >= 4 is 5.96 Å². The van der Waals surface area contributed by atoms with E-state index >= 15 is 0 Å². The molecule has 0 aliphatic heterocycles. The van der Waals surface area contributed by atoms with Gasteiger partial charge in [-0.25, -0.2) is 0 Å². The number of aliphatic imine (C=N–C) groups is 1. The fraction of sp³-hybridized carbons (Fsp3) is 0.917. The van der Waals surface area contributed by atoms with Crippen LogP contribution in [0.4, 0.5) is 0 Å². The number of nitrogens with two attached hydrogens (primary N) is 2. The third kappa shape index (κ3) is 7.51. The summed E-state index contributed by atoms with van der Waals surface area (Å²) in [6.07, 6.45) is 2.93. The van der Waals surface area contributed by atoms with Crippen LogP contribution in [0.3, 0.4) is 0 Å². The standard InChI is InChI=1S/C12H27N3O/c1-5-12(4,7-8-15-11(13)14)16-9-6-10(2)3/h10H,5-9H2,1-4H3,(H4,13,14,15). The molecule has 0 bridgehead atoms. The van der Waals surface area contributed by atoms with Gasteiger partial charge in [0, 0.05) is 13.2 Å². The van der Waals surface area contributed by atoms with Crippen molar-refractivity contribution in [1.82, 2.24) is 0 Å². The van der Waals surface area contributed by atoms with Crippen molar-refractivity contribution in [3.8, 4) is 0 Å². The van der Waals surface area contributed by atoms with Gasteiger partial charge in [-0.15, -0.1) is 0 Å². The minimum atomic E-state index is -0.103. The summed E-state index contributed by atoms with van der Waals surface area (Å²) in [6, 6.07) is 0. The van der Waals surface area contributed by atoms with E-state index in [9.17, 15) is 0 Å². The molecule has 0 aromatic carbocycles. The average molecular weight is 229 g/mol. The summed E-state index contributed by atoms with van der Waals surface area (Å²) in [7, 11) is 0. The molecule has 0 saturated carbocycles. The Morgan fingerprint density at radius 2 is 2.00 bits per heavy atom. The largest absolute Gasteiger partial charge is 0.375 e. The van der Waals surface area contributed by atoms with Crippen LogP contribution in [0, 0.1) is 5.92 Å². The minimum Gasteiger partial charge on any atom is -0.375 e. The second-order valence-electron chi connectivity index (χ2n) is 4.89. The molecule has 0 spiro atoms. The predicted molar refractivity (Wildman–Crippen MR) is 69.4 cm³/mol. The predicted octanol–water partition coefficient (Wildman–Crippen LogP) is 1.88. The lowest BCUT2D eigenvalue weighted by Gasteiger charge is -2.28. The van der Waals surface area contributed by atoms with Gasteiger partial charge < -0.3 is 16.2 Å². The molecule has 4 N–H and O–H groups in total. The maximum atomic E-state index is 5.92. The van der Waals surface area contributed by atoms with Gasteiger partial charge in [-0.05, 0) is 32.1 Å². The van der Waals surface area contributed by atoms with Crippen LogP contribution in [0.2, 0.25) is 0 Å². The van der Waals surface area contributed by atoms with Gasteiger partial charge in [-0.2, -0.15) is 0 Å². The summed E-state index contributed by atoms with van der Waals surface area (Å²) in [5, 5.41) is 0. The molecule has 0 saturated heterocycles. The number of hydrogen-bond donors (Lipinski definition) is 2. The highest BCUT2D eigenvalue weighted by Crippen LogP contribution is 2.20. The van der Waals surface area contributed by atoms with Gasteiger partial charge in [-0.3, -0.25) is 4.99 Å². The first-order valence-electron chi connectivity index (χ1n) is 6.09. The Labute approximate surface area is 99.4 Å². The molecule has 0 radical (unpaired) electrons. The third-order valence-corrected chi connectivity index (χ3v) is 2.83. The lowest BCUT2D eigenvalue weighted by molar-refractivity contribution is -0.0424. The number of guanidine groups is 1. The van der Waals surface area contributed by atoms with Crippen LogP contribution in [0.1, 0.15) is 47.0 Å². The molecule has 0 aromatic rings. The quantitative estimate of drug-likeness (QED) is 0.493. The summed E-state index contributed by atoms with van der Waals surface area (Å²) in [6.45, 7) is 10.1. The molecule has 4 nitrogen and oxygen atoms in total. The first-order valence-corrected chi connectivity index (χ1v) is 6.09. The zero-order chi connectivity index (χ0) is 12.6. The van der Waals surface area contributed by atoms with Crippen molar-refractivity contribution in [3.05, 3.63) is 0 Å².